The highest BCUT2D eigenvalue weighted by Gasteiger charge is 2.24. The molecule has 1 nitrogen and oxygen atoms in total. The molecule has 0 atom stereocenters. The normalized spacial score (nSPS) is 12.2. The molecular weight excluding hydrogens is 647 g/mol. The highest BCUT2D eigenvalue weighted by molar-refractivity contribution is 7.27. The van der Waals surface area contributed by atoms with E-state index < -0.39 is 0 Å². The summed E-state index contributed by atoms with van der Waals surface area (Å²) in [5.74, 6) is 0. The van der Waals surface area contributed by atoms with Crippen LogP contribution in [0.3, 0.4) is 0 Å². The van der Waals surface area contributed by atoms with Gasteiger partial charge in [-0.25, -0.2) is 0 Å². The molecule has 0 bridgehead atoms. The second kappa shape index (κ2) is 10.5. The minimum absolute atomic E-state index is 1.17. The van der Waals surface area contributed by atoms with Crippen LogP contribution >= 0.6 is 11.3 Å². The molecule has 0 aliphatic heterocycles. The van der Waals surface area contributed by atoms with Crippen molar-refractivity contribution in [3.05, 3.63) is 176 Å². The number of nitrogens with zero attached hydrogens (tertiary/aromatic N) is 1. The maximum atomic E-state index is 2.53. The van der Waals surface area contributed by atoms with Gasteiger partial charge in [-0.3, -0.25) is 0 Å². The van der Waals surface area contributed by atoms with Crippen molar-refractivity contribution in [2.24, 2.45) is 0 Å². The highest BCUT2D eigenvalue weighted by atomic mass is 32.1. The van der Waals surface area contributed by atoms with E-state index in [2.05, 4.69) is 180 Å². The van der Waals surface area contributed by atoms with E-state index in [-0.39, 0.29) is 0 Å². The van der Waals surface area contributed by atoms with Crippen LogP contribution in [0.15, 0.2) is 176 Å². The fourth-order valence-electron chi connectivity index (χ4n) is 9.08. The van der Waals surface area contributed by atoms with Gasteiger partial charge in [-0.2, -0.15) is 0 Å². The van der Waals surface area contributed by atoms with Gasteiger partial charge in [0.1, 0.15) is 0 Å². The molecule has 52 heavy (non-hydrogen) atoms. The van der Waals surface area contributed by atoms with Crippen molar-refractivity contribution in [2.75, 3.05) is 0 Å². The summed E-state index contributed by atoms with van der Waals surface area (Å²) in [4.78, 5) is 0. The first-order valence-electron chi connectivity index (χ1n) is 17.9. The first-order valence-corrected chi connectivity index (χ1v) is 18.8. The molecule has 2 heteroatoms. The summed E-state index contributed by atoms with van der Waals surface area (Å²) in [5.41, 5.74) is 6.13. The second-order valence-electron chi connectivity index (χ2n) is 14.0. The van der Waals surface area contributed by atoms with E-state index in [1.54, 1.807) is 0 Å². The summed E-state index contributed by atoms with van der Waals surface area (Å²) < 4.78 is 5.19. The summed E-state index contributed by atoms with van der Waals surface area (Å²) in [5, 5.41) is 18.4. The zero-order chi connectivity index (χ0) is 33.9. The molecule has 12 aromatic rings. The lowest BCUT2D eigenvalue weighted by Gasteiger charge is -2.15. The first-order chi connectivity index (χ1) is 25.8. The van der Waals surface area contributed by atoms with Crippen molar-refractivity contribution in [1.29, 1.82) is 0 Å². The van der Waals surface area contributed by atoms with Gasteiger partial charge in [0.15, 0.2) is 0 Å². The Balaban J connectivity index is 1.20. The van der Waals surface area contributed by atoms with Gasteiger partial charge in [-0.05, 0) is 84.5 Å². The molecule has 0 unspecified atom stereocenters. The molecule has 0 saturated heterocycles. The quantitative estimate of drug-likeness (QED) is 0.161. The van der Waals surface area contributed by atoms with Crippen LogP contribution in [0.2, 0.25) is 0 Å². The number of para-hydroxylation sites is 1. The average Bonchev–Trinajstić information content (AvgIpc) is 3.77. The van der Waals surface area contributed by atoms with E-state index in [4.69, 9.17) is 0 Å². The van der Waals surface area contributed by atoms with Gasteiger partial charge in [-0.15, -0.1) is 11.3 Å². The van der Waals surface area contributed by atoms with Crippen LogP contribution in [-0.2, 0) is 0 Å². The van der Waals surface area contributed by atoms with E-state index in [1.165, 1.54) is 113 Å². The lowest BCUT2D eigenvalue weighted by atomic mass is 9.89. The number of fused-ring (bicyclic) bond motifs is 18. The monoisotopic (exact) mass is 675 g/mol. The molecule has 2 heterocycles. The zero-order valence-corrected chi connectivity index (χ0v) is 28.9. The smallest absolute Gasteiger partial charge is 0.0726 e. The van der Waals surface area contributed by atoms with Gasteiger partial charge >= 0.3 is 0 Å². The molecule has 0 saturated carbocycles. The number of hydrogen-bond donors (Lipinski definition) is 0. The Labute approximate surface area is 303 Å². The van der Waals surface area contributed by atoms with E-state index in [0.29, 0.717) is 0 Å². The number of thiophene rings is 1. The minimum atomic E-state index is 1.17. The van der Waals surface area contributed by atoms with Crippen LogP contribution in [0.4, 0.5) is 0 Å². The maximum Gasteiger partial charge on any atom is 0.0726 e. The third-order valence-corrected chi connectivity index (χ3v) is 12.5. The summed E-state index contributed by atoms with van der Waals surface area (Å²) >= 11 is 1.93. The van der Waals surface area contributed by atoms with Crippen LogP contribution in [-0.4, -0.2) is 4.57 Å². The standard InChI is InChI=1S/C50H29NS/c1-2-12-35-31(11-1)21-22-32-23-24-33(29-42(32)35)30-25-27-34(28-26-30)51-43-19-9-7-17-40(43)47-45-38-15-5-3-13-36(38)37-14-4-6-16-39(37)46(45)48-41-18-8-10-20-44(41)52-50(48)49(47)51/h1-29H. The highest BCUT2D eigenvalue weighted by Crippen LogP contribution is 2.51. The van der Waals surface area contributed by atoms with Gasteiger partial charge < -0.3 is 4.57 Å². The number of hydrogen-bond acceptors (Lipinski definition) is 1. The Hall–Kier alpha value is -6.48. The van der Waals surface area contributed by atoms with Crippen LogP contribution in [0, 0.1) is 0 Å². The number of aromatic nitrogens is 1. The Morgan fingerprint density at radius 1 is 0.346 bits per heavy atom. The Kier molecular flexibility index (Phi) is 5.71. The zero-order valence-electron chi connectivity index (χ0n) is 28.1. The van der Waals surface area contributed by atoms with Gasteiger partial charge in [0.25, 0.3) is 0 Å². The molecule has 10 aromatic carbocycles. The predicted octanol–water partition coefficient (Wildman–Crippen LogP) is 14.6. The molecule has 0 radical (unpaired) electrons. The van der Waals surface area contributed by atoms with E-state index >= 15 is 0 Å². The average molecular weight is 676 g/mol. The summed E-state index contributed by atoms with van der Waals surface area (Å²) in [6.45, 7) is 0. The van der Waals surface area contributed by atoms with Crippen LogP contribution in [0.1, 0.15) is 0 Å². The van der Waals surface area contributed by atoms with Crippen LogP contribution in [0.25, 0.3) is 113 Å². The summed E-state index contributed by atoms with van der Waals surface area (Å²) in [6, 6.07) is 65.2. The van der Waals surface area contributed by atoms with Gasteiger partial charge in [0, 0.05) is 42.7 Å². The molecule has 0 spiro atoms. The first kappa shape index (κ1) is 28.2. The fraction of sp³-hybridized carbons (Fsp3) is 0. The molecule has 0 amide bonds. The summed E-state index contributed by atoms with van der Waals surface area (Å²) in [6.07, 6.45) is 0. The Morgan fingerprint density at radius 3 is 1.63 bits per heavy atom. The lowest BCUT2D eigenvalue weighted by Crippen LogP contribution is -1.94. The van der Waals surface area contributed by atoms with Crippen LogP contribution < -0.4 is 0 Å². The summed E-state index contributed by atoms with van der Waals surface area (Å²) in [7, 11) is 0. The van der Waals surface area contributed by atoms with Crippen molar-refractivity contribution in [2.45, 2.75) is 0 Å². The lowest BCUT2D eigenvalue weighted by molar-refractivity contribution is 1.19. The molecule has 240 valence electrons. The Bertz CT molecular complexity index is 3450. The van der Waals surface area contributed by atoms with Crippen LogP contribution in [0.5, 0.6) is 0 Å². The molecule has 0 aliphatic rings. The Morgan fingerprint density at radius 2 is 0.885 bits per heavy atom. The maximum absolute atomic E-state index is 2.53. The number of rotatable bonds is 2. The molecule has 2 aromatic heterocycles. The second-order valence-corrected chi connectivity index (χ2v) is 15.0. The van der Waals surface area contributed by atoms with E-state index in [9.17, 15) is 0 Å². The predicted molar refractivity (Wildman–Crippen MR) is 227 cm³/mol. The largest absolute Gasteiger partial charge is 0.308 e. The fourth-order valence-corrected chi connectivity index (χ4v) is 10.3. The third kappa shape index (κ3) is 3.77. The van der Waals surface area contributed by atoms with Crippen molar-refractivity contribution in [3.8, 4) is 16.8 Å². The minimum Gasteiger partial charge on any atom is -0.308 e. The molecular formula is C50H29NS. The molecule has 0 aliphatic carbocycles. The number of benzene rings is 10. The molecule has 0 fully saturated rings. The van der Waals surface area contributed by atoms with Gasteiger partial charge in [0.2, 0.25) is 0 Å². The van der Waals surface area contributed by atoms with Crippen molar-refractivity contribution < 1.29 is 0 Å². The topological polar surface area (TPSA) is 4.93 Å². The van der Waals surface area contributed by atoms with Gasteiger partial charge in [-0.1, -0.05) is 146 Å². The van der Waals surface area contributed by atoms with Crippen molar-refractivity contribution >= 4 is 107 Å². The van der Waals surface area contributed by atoms with Gasteiger partial charge in [0.05, 0.1) is 15.7 Å². The van der Waals surface area contributed by atoms with Crippen molar-refractivity contribution in [3.63, 3.8) is 0 Å². The van der Waals surface area contributed by atoms with E-state index in [0.717, 1.165) is 0 Å². The molecule has 12 rings (SSSR count). The van der Waals surface area contributed by atoms with E-state index in [1.807, 2.05) is 11.3 Å². The third-order valence-electron chi connectivity index (χ3n) is 11.3. The van der Waals surface area contributed by atoms with Crippen molar-refractivity contribution in [1.82, 2.24) is 4.57 Å². The SMILES string of the molecule is c1ccc2c(c1)ccc1ccc(-c3ccc(-n4c5ccccc5c5c6c7ccccc7c7ccccc7c6c6c7ccccc7sc6c54)cc3)cc12. The molecule has 0 N–H and O–H groups in total.